The zero-order valence-corrected chi connectivity index (χ0v) is 9.98. The van der Waals surface area contributed by atoms with Gasteiger partial charge in [-0.05, 0) is 19.5 Å². The van der Waals surface area contributed by atoms with Crippen molar-refractivity contribution in [2.45, 2.75) is 18.6 Å². The van der Waals surface area contributed by atoms with E-state index < -0.39 is 5.60 Å². The Morgan fingerprint density at radius 3 is 2.50 bits per heavy atom. The van der Waals surface area contributed by atoms with Crippen molar-refractivity contribution in [1.29, 1.82) is 0 Å². The second kappa shape index (κ2) is 4.53. The van der Waals surface area contributed by atoms with Crippen molar-refractivity contribution in [3.05, 3.63) is 35.9 Å². The van der Waals surface area contributed by atoms with Gasteiger partial charge in [-0.1, -0.05) is 30.3 Å². The summed E-state index contributed by atoms with van der Waals surface area (Å²) in [6, 6.07) is 10.4. The number of benzene rings is 1. The minimum atomic E-state index is -0.772. The Balaban J connectivity index is 2.01. The maximum atomic E-state index is 10.5. The van der Waals surface area contributed by atoms with E-state index >= 15 is 0 Å². The average Bonchev–Trinajstić information content (AvgIpc) is 2.15. The van der Waals surface area contributed by atoms with Crippen LogP contribution >= 0.6 is 0 Å². The van der Waals surface area contributed by atoms with E-state index in [2.05, 4.69) is 17.3 Å². The Bertz CT molecular complexity index is 333. The molecule has 1 atom stereocenters. The molecule has 1 heterocycles. The van der Waals surface area contributed by atoms with E-state index in [-0.39, 0.29) is 0 Å². The monoisotopic (exact) mass is 220 g/mol. The van der Waals surface area contributed by atoms with Gasteiger partial charge in [0.1, 0.15) is 0 Å². The zero-order valence-electron chi connectivity index (χ0n) is 9.98. The number of hydrogen-bond acceptors (Lipinski definition) is 3. The maximum absolute atomic E-state index is 10.5. The molecule has 2 rings (SSSR count). The van der Waals surface area contributed by atoms with E-state index in [1.54, 1.807) is 0 Å². The first kappa shape index (κ1) is 11.6. The molecular formula is C13H20N2O. The van der Waals surface area contributed by atoms with Gasteiger partial charge in [0.2, 0.25) is 0 Å². The highest BCUT2D eigenvalue weighted by Crippen LogP contribution is 2.22. The van der Waals surface area contributed by atoms with Crippen LogP contribution in [-0.4, -0.2) is 42.7 Å². The van der Waals surface area contributed by atoms with Gasteiger partial charge in [0.15, 0.2) is 0 Å². The Kier molecular flexibility index (Phi) is 3.28. The largest absolute Gasteiger partial charge is 0.384 e. The lowest BCUT2D eigenvalue weighted by molar-refractivity contribution is 0.00424. The normalized spacial score (nSPS) is 20.5. The number of rotatable bonds is 4. The highest BCUT2D eigenvalue weighted by Gasteiger charge is 2.29. The van der Waals surface area contributed by atoms with Crippen molar-refractivity contribution in [1.82, 2.24) is 10.2 Å². The van der Waals surface area contributed by atoms with Crippen molar-refractivity contribution in [3.8, 4) is 0 Å². The third-order valence-electron chi connectivity index (χ3n) is 3.34. The summed E-state index contributed by atoms with van der Waals surface area (Å²) in [4.78, 5) is 2.23. The van der Waals surface area contributed by atoms with E-state index in [4.69, 9.17) is 0 Å². The minimum Gasteiger partial charge on any atom is -0.384 e. The number of aliphatic hydroxyl groups is 1. The molecule has 1 aliphatic heterocycles. The molecule has 3 nitrogen and oxygen atoms in total. The van der Waals surface area contributed by atoms with Crippen LogP contribution in [0.15, 0.2) is 30.3 Å². The Morgan fingerprint density at radius 2 is 2.00 bits per heavy atom. The van der Waals surface area contributed by atoms with Gasteiger partial charge in [0.05, 0.1) is 5.60 Å². The fourth-order valence-corrected chi connectivity index (χ4v) is 2.09. The van der Waals surface area contributed by atoms with E-state index in [1.807, 2.05) is 37.3 Å². The van der Waals surface area contributed by atoms with Crippen molar-refractivity contribution in [2.75, 3.05) is 26.7 Å². The average molecular weight is 220 g/mol. The van der Waals surface area contributed by atoms with Gasteiger partial charge in [0.25, 0.3) is 0 Å². The van der Waals surface area contributed by atoms with Crippen LogP contribution in [0, 0.1) is 0 Å². The molecule has 0 radical (unpaired) electrons. The summed E-state index contributed by atoms with van der Waals surface area (Å²) in [5.74, 6) is 0. The molecule has 0 amide bonds. The molecule has 1 fully saturated rings. The first-order valence-electron chi connectivity index (χ1n) is 5.78. The predicted molar refractivity (Wildman–Crippen MR) is 65.3 cm³/mol. The molecule has 88 valence electrons. The molecule has 0 aliphatic carbocycles. The summed E-state index contributed by atoms with van der Waals surface area (Å²) in [7, 11) is 2.07. The third-order valence-corrected chi connectivity index (χ3v) is 3.34. The summed E-state index contributed by atoms with van der Waals surface area (Å²) in [6.45, 7) is 4.61. The molecule has 16 heavy (non-hydrogen) atoms. The smallest absolute Gasteiger partial charge is 0.0994 e. The van der Waals surface area contributed by atoms with Crippen molar-refractivity contribution < 1.29 is 5.11 Å². The molecule has 1 unspecified atom stereocenters. The first-order chi connectivity index (χ1) is 7.59. The van der Waals surface area contributed by atoms with Gasteiger partial charge in [0, 0.05) is 25.7 Å². The molecule has 0 saturated carbocycles. The standard InChI is InChI=1S/C13H20N2O/c1-13(16,11-6-4-3-5-7-11)10-15(2)12-8-14-9-12/h3-7,12,14,16H,8-10H2,1-2H3. The molecular weight excluding hydrogens is 200 g/mol. The van der Waals surface area contributed by atoms with Crippen LogP contribution in [0.1, 0.15) is 12.5 Å². The lowest BCUT2D eigenvalue weighted by Crippen LogP contribution is -2.58. The summed E-state index contributed by atoms with van der Waals surface area (Å²) in [5.41, 5.74) is 0.208. The number of hydrogen-bond donors (Lipinski definition) is 2. The lowest BCUT2D eigenvalue weighted by atomic mass is 9.94. The van der Waals surface area contributed by atoms with E-state index in [1.165, 1.54) is 0 Å². The van der Waals surface area contributed by atoms with Gasteiger partial charge in [-0.25, -0.2) is 0 Å². The van der Waals surface area contributed by atoms with Crippen molar-refractivity contribution >= 4 is 0 Å². The molecule has 1 aliphatic rings. The summed E-state index contributed by atoms with van der Waals surface area (Å²) < 4.78 is 0. The highest BCUT2D eigenvalue weighted by atomic mass is 16.3. The van der Waals surface area contributed by atoms with Gasteiger partial charge < -0.3 is 10.4 Å². The second-order valence-corrected chi connectivity index (χ2v) is 4.87. The minimum absolute atomic E-state index is 0.565. The van der Waals surface area contributed by atoms with Gasteiger partial charge in [-0.15, -0.1) is 0 Å². The fraction of sp³-hybridized carbons (Fsp3) is 0.538. The van der Waals surface area contributed by atoms with Crippen LogP contribution < -0.4 is 5.32 Å². The Labute approximate surface area is 97.1 Å². The molecule has 2 N–H and O–H groups in total. The summed E-state index contributed by atoms with van der Waals surface area (Å²) >= 11 is 0. The number of nitrogens with zero attached hydrogens (tertiary/aromatic N) is 1. The molecule has 0 bridgehead atoms. The number of nitrogens with one attached hydrogen (secondary N) is 1. The van der Waals surface area contributed by atoms with Crippen LogP contribution in [0.25, 0.3) is 0 Å². The van der Waals surface area contributed by atoms with Crippen LogP contribution in [-0.2, 0) is 5.60 Å². The van der Waals surface area contributed by atoms with E-state index in [9.17, 15) is 5.11 Å². The van der Waals surface area contributed by atoms with E-state index in [0.29, 0.717) is 12.6 Å². The SMILES string of the molecule is CN(CC(C)(O)c1ccccc1)C1CNC1. The second-order valence-electron chi connectivity index (χ2n) is 4.87. The van der Waals surface area contributed by atoms with Crippen molar-refractivity contribution in [3.63, 3.8) is 0 Å². The van der Waals surface area contributed by atoms with E-state index in [0.717, 1.165) is 18.7 Å². The zero-order chi connectivity index (χ0) is 11.6. The molecule has 1 aromatic carbocycles. The Morgan fingerprint density at radius 1 is 1.38 bits per heavy atom. The molecule has 0 spiro atoms. The van der Waals surface area contributed by atoms with Gasteiger partial charge in [-0.3, -0.25) is 4.90 Å². The third kappa shape index (κ3) is 2.43. The quantitative estimate of drug-likeness (QED) is 0.788. The maximum Gasteiger partial charge on any atom is 0.0994 e. The summed E-state index contributed by atoms with van der Waals surface area (Å²) in [5, 5.41) is 13.7. The highest BCUT2D eigenvalue weighted by molar-refractivity contribution is 5.21. The van der Waals surface area contributed by atoms with Crippen LogP contribution in [0.4, 0.5) is 0 Å². The van der Waals surface area contributed by atoms with Crippen LogP contribution in [0.5, 0.6) is 0 Å². The van der Waals surface area contributed by atoms with Crippen LogP contribution in [0.3, 0.4) is 0 Å². The van der Waals surface area contributed by atoms with Gasteiger partial charge >= 0.3 is 0 Å². The molecule has 3 heteroatoms. The molecule has 1 aromatic rings. The molecule has 1 saturated heterocycles. The topological polar surface area (TPSA) is 35.5 Å². The van der Waals surface area contributed by atoms with Crippen molar-refractivity contribution in [2.24, 2.45) is 0 Å². The Hall–Kier alpha value is -0.900. The fourth-order valence-electron chi connectivity index (χ4n) is 2.09. The van der Waals surface area contributed by atoms with Gasteiger partial charge in [-0.2, -0.15) is 0 Å². The predicted octanol–water partition coefficient (Wildman–Crippen LogP) is 0.798. The first-order valence-corrected chi connectivity index (χ1v) is 5.78. The molecule has 0 aromatic heterocycles. The number of likely N-dealkylation sites (N-methyl/N-ethyl adjacent to an activating group) is 1. The summed E-state index contributed by atoms with van der Waals surface area (Å²) in [6.07, 6.45) is 0. The van der Waals surface area contributed by atoms with Crippen LogP contribution in [0.2, 0.25) is 0 Å². The lowest BCUT2D eigenvalue weighted by Gasteiger charge is -2.39.